The normalized spacial score (nSPS) is 19.4. The van der Waals surface area contributed by atoms with Gasteiger partial charge in [0.1, 0.15) is 23.3 Å². The summed E-state index contributed by atoms with van der Waals surface area (Å²) in [6.45, 7) is 13.9. The zero-order valence-corrected chi connectivity index (χ0v) is 46.0. The molecule has 2 saturated carbocycles. The third-order valence-corrected chi connectivity index (χ3v) is 16.0. The minimum atomic E-state index is -0.478. The van der Waals surface area contributed by atoms with Crippen LogP contribution in [0.4, 0.5) is 28.9 Å². The highest BCUT2D eigenvalue weighted by molar-refractivity contribution is 6.65. The second-order valence-corrected chi connectivity index (χ2v) is 21.6. The highest BCUT2D eigenvalue weighted by Crippen LogP contribution is 2.47. The lowest BCUT2D eigenvalue weighted by atomic mass is 9.98. The van der Waals surface area contributed by atoms with Gasteiger partial charge in [0.15, 0.2) is 0 Å². The topological polar surface area (TPSA) is 152 Å². The molecule has 0 bridgehead atoms. The number of carbonyl (C=O) groups excluding carboxylic acids is 4. The number of hydrogen-bond acceptors (Lipinski definition) is 8. The van der Waals surface area contributed by atoms with E-state index in [1.54, 1.807) is 80.1 Å². The van der Waals surface area contributed by atoms with Gasteiger partial charge in [-0.15, -0.1) is 0 Å². The number of hydrogen-bond donors (Lipinski definition) is 2. The summed E-state index contributed by atoms with van der Waals surface area (Å²) in [4.78, 5) is 55.0. The number of nitrogens with two attached hydrogens (primary N) is 1. The number of rotatable bonds is 12. The van der Waals surface area contributed by atoms with Crippen molar-refractivity contribution in [2.45, 2.75) is 97.3 Å². The van der Waals surface area contributed by atoms with Crippen LogP contribution in [0.15, 0.2) is 146 Å². The zero-order valence-electron chi connectivity index (χ0n) is 45.3. The minimum Gasteiger partial charge on any atom is -0.350 e. The smallest absolute Gasteiger partial charge is 0.229 e. The summed E-state index contributed by atoms with van der Waals surface area (Å²) < 4.78 is 57.1. The lowest BCUT2D eigenvalue weighted by molar-refractivity contribution is -0.126. The van der Waals surface area contributed by atoms with Gasteiger partial charge in [0.05, 0.1) is 52.9 Å². The standard InChI is InChI=1S/C28H24F2N4O2.C23H18F2N4O.C6H15N.C5H7ClO/c1-28(12-13-28)27(36)32-23-15-25(35)33(26(23)17-2-4-19(29)5-3-17)22-10-11-24-18(14-22)16-31-34(24)21-8-6-20(30)7-9-21;24-16-3-1-14(2-4-16)23-20(26)12-22(30)28(23)19-9-10-21-15(11-19)13-27-29(21)18-7-5-17(25)6-8-18;1-4-7(5-2)6-3;1-5(2-3-5)4(6)7/h2-11,14,16,23,26H,12-13,15H2,1H3,(H,32,36);1-11,13,20,23H,12,26H2;4-6H2,1-3H3;2-3H2,1H3/t23-,26+;20-,23+;;/m00../s1. The van der Waals surface area contributed by atoms with Crippen LogP contribution in [-0.2, 0) is 19.2 Å². The molecule has 0 spiro atoms. The fraction of sp³-hybridized carbons (Fsp3) is 0.323. The Morgan fingerprint density at radius 1 is 0.575 bits per heavy atom. The van der Waals surface area contributed by atoms with Crippen molar-refractivity contribution in [1.82, 2.24) is 29.8 Å². The van der Waals surface area contributed by atoms with Crippen LogP contribution in [0.1, 0.15) is 96.4 Å². The largest absolute Gasteiger partial charge is 0.350 e. The molecule has 2 aromatic heterocycles. The summed E-state index contributed by atoms with van der Waals surface area (Å²) in [6.07, 6.45) is 7.40. The van der Waals surface area contributed by atoms with Gasteiger partial charge in [0.25, 0.3) is 0 Å². The molecule has 2 saturated heterocycles. The molecule has 0 radical (unpaired) electrons. The first kappa shape index (κ1) is 57.0. The van der Waals surface area contributed by atoms with Crippen LogP contribution in [0, 0.1) is 34.1 Å². The molecule has 8 aromatic rings. The zero-order chi connectivity index (χ0) is 57.0. The van der Waals surface area contributed by atoms with Crippen LogP contribution in [0.5, 0.6) is 0 Å². The average Bonchev–Trinajstić information content (AvgIpc) is 4.31. The fourth-order valence-corrected chi connectivity index (χ4v) is 10.2. The number of nitrogens with zero attached hydrogens (tertiary/aromatic N) is 7. The fourth-order valence-electron chi connectivity index (χ4n) is 10.1. The number of anilines is 2. The van der Waals surface area contributed by atoms with E-state index in [4.69, 9.17) is 17.3 Å². The molecular formula is C62H64ClF4N9O4. The van der Waals surface area contributed by atoms with Crippen LogP contribution < -0.4 is 20.9 Å². The lowest BCUT2D eigenvalue weighted by Crippen LogP contribution is -2.42. The molecule has 416 valence electrons. The second-order valence-electron chi connectivity index (χ2n) is 21.2. The van der Waals surface area contributed by atoms with E-state index in [1.165, 1.54) is 68.2 Å². The SMILES string of the molecule is CC1(C(=O)Cl)CC1.CC1(C(=O)N[C@H]2CC(=O)N(c3ccc4c(cnn4-c4ccc(F)cc4)c3)[C@@H]2c2ccc(F)cc2)CC1.CCN(CC)CC.N[C@H]1CC(=O)N(c2ccc3c(cnn3-c3ccc(F)cc3)c2)[C@@H]1c1ccc(F)cc1. The van der Waals surface area contributed by atoms with Gasteiger partial charge >= 0.3 is 0 Å². The van der Waals surface area contributed by atoms with Crippen molar-refractivity contribution < 1.29 is 36.7 Å². The number of fused-ring (bicyclic) bond motifs is 2. The third kappa shape index (κ3) is 12.5. The van der Waals surface area contributed by atoms with Gasteiger partial charge in [-0.25, -0.2) is 26.9 Å². The van der Waals surface area contributed by atoms with Crippen LogP contribution in [-0.4, -0.2) is 79.1 Å². The Labute approximate surface area is 467 Å². The maximum atomic E-state index is 13.7. The Morgan fingerprint density at radius 3 is 1.32 bits per heavy atom. The van der Waals surface area contributed by atoms with E-state index in [2.05, 4.69) is 41.2 Å². The van der Waals surface area contributed by atoms with Gasteiger partial charge in [-0.1, -0.05) is 58.9 Å². The molecule has 4 atom stereocenters. The van der Waals surface area contributed by atoms with Gasteiger partial charge in [-0.3, -0.25) is 19.2 Å². The van der Waals surface area contributed by atoms with Gasteiger partial charge in [-0.2, -0.15) is 10.2 Å². The predicted molar refractivity (Wildman–Crippen MR) is 303 cm³/mol. The summed E-state index contributed by atoms with van der Waals surface area (Å²) in [5.41, 5.74) is 11.8. The third-order valence-electron chi connectivity index (χ3n) is 15.6. The second kappa shape index (κ2) is 23.9. The number of aromatic nitrogens is 4. The van der Waals surface area contributed by atoms with Gasteiger partial charge < -0.3 is 25.8 Å². The first-order valence-electron chi connectivity index (χ1n) is 26.9. The Morgan fingerprint density at radius 2 is 0.950 bits per heavy atom. The van der Waals surface area contributed by atoms with E-state index in [9.17, 15) is 36.7 Å². The molecule has 4 aliphatic rings. The predicted octanol–water partition coefficient (Wildman–Crippen LogP) is 12.1. The number of carbonyl (C=O) groups is 4. The Hall–Kier alpha value is -7.73. The monoisotopic (exact) mass is 1110 g/mol. The van der Waals surface area contributed by atoms with Crippen molar-refractivity contribution in [3.8, 4) is 11.4 Å². The highest BCUT2D eigenvalue weighted by Gasteiger charge is 2.49. The van der Waals surface area contributed by atoms with E-state index in [0.29, 0.717) is 11.4 Å². The average molecular weight is 1110 g/mol. The van der Waals surface area contributed by atoms with Crippen molar-refractivity contribution in [3.63, 3.8) is 0 Å². The first-order chi connectivity index (χ1) is 38.3. The molecule has 4 fully saturated rings. The lowest BCUT2D eigenvalue weighted by Gasteiger charge is -2.30. The minimum absolute atomic E-state index is 0.0507. The van der Waals surface area contributed by atoms with Crippen molar-refractivity contribution in [3.05, 3.63) is 180 Å². The molecule has 4 heterocycles. The van der Waals surface area contributed by atoms with Crippen molar-refractivity contribution in [2.24, 2.45) is 16.6 Å². The Kier molecular flexibility index (Phi) is 17.0. The van der Waals surface area contributed by atoms with Gasteiger partial charge in [-0.05, 0) is 177 Å². The van der Waals surface area contributed by atoms with Crippen molar-refractivity contribution in [2.75, 3.05) is 29.4 Å². The Balaban J connectivity index is 0.000000158. The van der Waals surface area contributed by atoms with E-state index in [-0.39, 0.29) is 82.0 Å². The highest BCUT2D eigenvalue weighted by atomic mass is 35.5. The maximum Gasteiger partial charge on any atom is 0.229 e. The van der Waals surface area contributed by atoms with Crippen LogP contribution in [0.3, 0.4) is 0 Å². The summed E-state index contributed by atoms with van der Waals surface area (Å²) in [7, 11) is 0. The van der Waals surface area contributed by atoms with Gasteiger partial charge in [0.2, 0.25) is 23.0 Å². The van der Waals surface area contributed by atoms with E-state index >= 15 is 0 Å². The van der Waals surface area contributed by atoms with Gasteiger partial charge in [0, 0.05) is 51.9 Å². The van der Waals surface area contributed by atoms with Crippen LogP contribution in [0.2, 0.25) is 0 Å². The molecule has 13 nitrogen and oxygen atoms in total. The number of amides is 3. The quantitative estimate of drug-likeness (QED) is 0.0906. The summed E-state index contributed by atoms with van der Waals surface area (Å²) >= 11 is 5.18. The molecule has 3 N–H and O–H groups in total. The van der Waals surface area contributed by atoms with E-state index in [1.807, 2.05) is 50.2 Å². The summed E-state index contributed by atoms with van der Waals surface area (Å²) in [5, 5.41) is 13.4. The van der Waals surface area contributed by atoms with Crippen molar-refractivity contribution >= 4 is 67.7 Å². The number of halogens is 5. The molecule has 2 aliphatic heterocycles. The summed E-state index contributed by atoms with van der Waals surface area (Å²) in [6, 6.07) is 33.8. The molecule has 6 aromatic carbocycles. The number of nitrogens with one attached hydrogen (secondary N) is 1. The molecule has 12 rings (SSSR count). The first-order valence-corrected chi connectivity index (χ1v) is 27.3. The molecule has 18 heteroatoms. The van der Waals surface area contributed by atoms with Crippen LogP contribution >= 0.6 is 11.6 Å². The Bertz CT molecular complexity index is 3500. The summed E-state index contributed by atoms with van der Waals surface area (Å²) in [5.74, 6) is -1.59. The van der Waals surface area contributed by atoms with Crippen molar-refractivity contribution in [1.29, 1.82) is 0 Å². The molecular weight excluding hydrogens is 1050 g/mol. The van der Waals surface area contributed by atoms with E-state index in [0.717, 1.165) is 70.0 Å². The van der Waals surface area contributed by atoms with Crippen LogP contribution in [0.25, 0.3) is 33.2 Å². The maximum absolute atomic E-state index is 13.7. The molecule has 0 unspecified atom stereocenters. The molecule has 3 amide bonds. The van der Waals surface area contributed by atoms with E-state index < -0.39 is 12.1 Å². The molecule has 2 aliphatic carbocycles. The number of benzene rings is 6. The molecule has 80 heavy (non-hydrogen) atoms.